The van der Waals surface area contributed by atoms with Crippen LogP contribution in [0.3, 0.4) is 0 Å². The zero-order valence-corrected chi connectivity index (χ0v) is 20.3. The highest BCUT2D eigenvalue weighted by Crippen LogP contribution is 2.22. The average molecular weight is 514 g/mol. The quantitative estimate of drug-likeness (QED) is 0.324. The third kappa shape index (κ3) is 5.86. The van der Waals surface area contributed by atoms with Crippen LogP contribution in [0.2, 0.25) is 0 Å². The van der Waals surface area contributed by atoms with E-state index in [0.717, 1.165) is 21.3 Å². The molecule has 0 saturated carbocycles. The van der Waals surface area contributed by atoms with Crippen LogP contribution >= 0.6 is 27.7 Å². The van der Waals surface area contributed by atoms with Crippen LogP contribution in [0, 0.1) is 13.8 Å². The largest absolute Gasteiger partial charge is 0.345 e. The molecule has 166 valence electrons. The molecule has 1 aromatic heterocycles. The summed E-state index contributed by atoms with van der Waals surface area (Å²) in [6.07, 6.45) is 1.73. The van der Waals surface area contributed by atoms with E-state index in [0.29, 0.717) is 23.1 Å². The van der Waals surface area contributed by atoms with Crippen LogP contribution in [0.4, 0.5) is 5.69 Å². The molecular weight excluding hydrogens is 490 g/mol. The second kappa shape index (κ2) is 11.1. The number of hydrogen-bond acceptors (Lipinski definition) is 5. The minimum Gasteiger partial charge on any atom is -0.345 e. The summed E-state index contributed by atoms with van der Waals surface area (Å²) < 4.78 is 2.56. The van der Waals surface area contributed by atoms with E-state index >= 15 is 0 Å². The van der Waals surface area contributed by atoms with Crippen molar-refractivity contribution in [3.05, 3.63) is 82.1 Å². The molecule has 0 aliphatic heterocycles. The number of carbonyl (C=O) groups excluding carboxylic acids is 2. The van der Waals surface area contributed by atoms with Gasteiger partial charge in [0, 0.05) is 16.7 Å². The van der Waals surface area contributed by atoms with Gasteiger partial charge < -0.3 is 15.2 Å². The molecule has 0 aliphatic rings. The molecule has 0 unspecified atom stereocenters. The molecule has 32 heavy (non-hydrogen) atoms. The van der Waals surface area contributed by atoms with Gasteiger partial charge in [0.1, 0.15) is 0 Å². The van der Waals surface area contributed by atoms with Crippen LogP contribution < -0.4 is 10.6 Å². The summed E-state index contributed by atoms with van der Waals surface area (Å²) in [7, 11) is 0. The standard InChI is InChI=1S/C23H24BrN5O2S/c1-4-12-29-19(13-25-22(31)17-10-5-6-11-18(17)24)27-28-23(29)32-14-20(30)26-21-15(2)8-7-9-16(21)3/h4-11H,1,12-14H2,2-3H3,(H,25,31)(H,26,30). The molecule has 0 saturated heterocycles. The van der Waals surface area contributed by atoms with Crippen molar-refractivity contribution < 1.29 is 9.59 Å². The molecule has 2 aromatic carbocycles. The molecule has 2 amide bonds. The number of benzene rings is 2. The van der Waals surface area contributed by atoms with E-state index < -0.39 is 0 Å². The second-order valence-corrected chi connectivity index (χ2v) is 8.86. The van der Waals surface area contributed by atoms with Gasteiger partial charge in [0.15, 0.2) is 11.0 Å². The van der Waals surface area contributed by atoms with Crippen molar-refractivity contribution in [3.63, 3.8) is 0 Å². The molecule has 0 bridgehead atoms. The van der Waals surface area contributed by atoms with Crippen LogP contribution in [-0.4, -0.2) is 32.3 Å². The minimum absolute atomic E-state index is 0.121. The predicted octanol–water partition coefficient (Wildman–Crippen LogP) is 4.50. The van der Waals surface area contributed by atoms with Crippen LogP contribution in [0.1, 0.15) is 27.3 Å². The number of nitrogens with zero attached hydrogens (tertiary/aromatic N) is 3. The van der Waals surface area contributed by atoms with Crippen LogP contribution in [-0.2, 0) is 17.9 Å². The molecule has 1 heterocycles. The monoisotopic (exact) mass is 513 g/mol. The van der Waals surface area contributed by atoms with Crippen LogP contribution in [0.25, 0.3) is 0 Å². The van der Waals surface area contributed by atoms with Gasteiger partial charge in [0.05, 0.1) is 17.9 Å². The third-order valence-electron chi connectivity index (χ3n) is 4.71. The lowest BCUT2D eigenvalue weighted by Crippen LogP contribution is -2.25. The Morgan fingerprint density at radius 1 is 1.12 bits per heavy atom. The summed E-state index contributed by atoms with van der Waals surface area (Å²) in [4.78, 5) is 25.0. The lowest BCUT2D eigenvalue weighted by Gasteiger charge is -2.12. The second-order valence-electron chi connectivity index (χ2n) is 7.06. The smallest absolute Gasteiger partial charge is 0.252 e. The molecule has 0 atom stereocenters. The lowest BCUT2D eigenvalue weighted by molar-refractivity contribution is -0.113. The molecule has 0 spiro atoms. The minimum atomic E-state index is -0.215. The van der Waals surface area contributed by atoms with Crippen molar-refractivity contribution in [1.82, 2.24) is 20.1 Å². The van der Waals surface area contributed by atoms with E-state index in [2.05, 4.69) is 43.3 Å². The van der Waals surface area contributed by atoms with Gasteiger partial charge in [0.25, 0.3) is 5.91 Å². The Bertz CT molecular complexity index is 1120. The number of anilines is 1. The van der Waals surface area contributed by atoms with Gasteiger partial charge in [-0.1, -0.05) is 48.2 Å². The highest BCUT2D eigenvalue weighted by Gasteiger charge is 2.16. The van der Waals surface area contributed by atoms with E-state index in [-0.39, 0.29) is 24.1 Å². The lowest BCUT2D eigenvalue weighted by atomic mass is 10.1. The SMILES string of the molecule is C=CCn1c(CNC(=O)c2ccccc2Br)nnc1SCC(=O)Nc1c(C)cccc1C. The maximum atomic E-state index is 12.5. The van der Waals surface area contributed by atoms with Gasteiger partial charge in [-0.3, -0.25) is 9.59 Å². The molecule has 9 heteroatoms. The molecule has 7 nitrogen and oxygen atoms in total. The van der Waals surface area contributed by atoms with Gasteiger partial charge in [-0.2, -0.15) is 0 Å². The number of aromatic nitrogens is 3. The van der Waals surface area contributed by atoms with Crippen molar-refractivity contribution in [2.75, 3.05) is 11.1 Å². The summed E-state index contributed by atoms with van der Waals surface area (Å²) in [6, 6.07) is 13.1. The number of carbonyl (C=O) groups is 2. The van der Waals surface area contributed by atoms with Crippen molar-refractivity contribution in [2.45, 2.75) is 32.1 Å². The number of aryl methyl sites for hydroxylation is 2. The van der Waals surface area contributed by atoms with Gasteiger partial charge in [0.2, 0.25) is 5.91 Å². The van der Waals surface area contributed by atoms with Gasteiger partial charge >= 0.3 is 0 Å². The Balaban J connectivity index is 1.64. The van der Waals surface area contributed by atoms with Crippen molar-refractivity contribution >= 4 is 45.2 Å². The van der Waals surface area contributed by atoms with E-state index in [1.807, 2.05) is 48.7 Å². The number of hydrogen-bond donors (Lipinski definition) is 2. The number of allylic oxidation sites excluding steroid dienone is 1. The summed E-state index contributed by atoms with van der Waals surface area (Å²) in [5, 5.41) is 14.8. The van der Waals surface area contributed by atoms with Gasteiger partial charge in [-0.15, -0.1) is 16.8 Å². The molecule has 0 fully saturated rings. The highest BCUT2D eigenvalue weighted by molar-refractivity contribution is 9.10. The Hall–Kier alpha value is -2.91. The molecular formula is C23H24BrN5O2S. The molecule has 0 aliphatic carbocycles. The van der Waals surface area contributed by atoms with Crippen LogP contribution in [0.15, 0.2) is 64.7 Å². The first-order valence-corrected chi connectivity index (χ1v) is 11.7. The Morgan fingerprint density at radius 2 is 1.84 bits per heavy atom. The van der Waals surface area contributed by atoms with Crippen molar-refractivity contribution in [1.29, 1.82) is 0 Å². The summed E-state index contributed by atoms with van der Waals surface area (Å²) in [5.41, 5.74) is 3.41. The molecule has 3 rings (SSSR count). The van der Waals surface area contributed by atoms with E-state index in [1.165, 1.54) is 11.8 Å². The van der Waals surface area contributed by atoms with E-state index in [4.69, 9.17) is 0 Å². The maximum absolute atomic E-state index is 12.5. The zero-order chi connectivity index (χ0) is 23.1. The fourth-order valence-corrected chi connectivity index (χ4v) is 4.32. The van der Waals surface area contributed by atoms with Crippen LogP contribution in [0.5, 0.6) is 0 Å². The first-order valence-electron chi connectivity index (χ1n) is 9.95. The van der Waals surface area contributed by atoms with Crippen molar-refractivity contribution in [3.8, 4) is 0 Å². The summed E-state index contributed by atoms with van der Waals surface area (Å²) in [5.74, 6) is 0.437. The van der Waals surface area contributed by atoms with E-state index in [9.17, 15) is 9.59 Å². The maximum Gasteiger partial charge on any atom is 0.252 e. The highest BCUT2D eigenvalue weighted by atomic mass is 79.9. The number of rotatable bonds is 9. The normalized spacial score (nSPS) is 10.6. The Labute approximate surface area is 199 Å². The van der Waals surface area contributed by atoms with Crippen molar-refractivity contribution in [2.24, 2.45) is 0 Å². The molecule has 2 N–H and O–H groups in total. The number of halogens is 1. The average Bonchev–Trinajstić information content (AvgIpc) is 3.15. The predicted molar refractivity (Wildman–Crippen MR) is 131 cm³/mol. The van der Waals surface area contributed by atoms with Gasteiger partial charge in [-0.05, 0) is 53.0 Å². The summed E-state index contributed by atoms with van der Waals surface area (Å²) >= 11 is 4.67. The third-order valence-corrected chi connectivity index (χ3v) is 6.37. The first-order chi connectivity index (χ1) is 15.4. The van der Waals surface area contributed by atoms with Gasteiger partial charge in [-0.25, -0.2) is 0 Å². The summed E-state index contributed by atoms with van der Waals surface area (Å²) in [6.45, 7) is 8.38. The topological polar surface area (TPSA) is 88.9 Å². The fourth-order valence-electron chi connectivity index (χ4n) is 3.09. The number of amides is 2. The Morgan fingerprint density at radius 3 is 2.53 bits per heavy atom. The molecule has 0 radical (unpaired) electrons. The number of para-hydroxylation sites is 1. The molecule has 3 aromatic rings. The number of thioether (sulfide) groups is 1. The first kappa shape index (κ1) is 23.7. The Kier molecular flexibility index (Phi) is 8.24. The number of nitrogens with one attached hydrogen (secondary N) is 2. The fraction of sp³-hybridized carbons (Fsp3) is 0.217. The van der Waals surface area contributed by atoms with E-state index in [1.54, 1.807) is 18.2 Å². The zero-order valence-electron chi connectivity index (χ0n) is 17.9.